The smallest absolute Gasteiger partial charge is 0.276 e. The molecule has 0 aromatic carbocycles. The lowest BCUT2D eigenvalue weighted by molar-refractivity contribution is 0.0739. The van der Waals surface area contributed by atoms with E-state index in [2.05, 4.69) is 24.0 Å². The maximum atomic E-state index is 12.6. The molecule has 2 aromatic rings. The van der Waals surface area contributed by atoms with E-state index in [4.69, 9.17) is 4.52 Å². The maximum absolute atomic E-state index is 12.6. The van der Waals surface area contributed by atoms with E-state index in [-0.39, 0.29) is 23.7 Å². The molecule has 0 spiro atoms. The third-order valence-corrected chi connectivity index (χ3v) is 4.06. The summed E-state index contributed by atoms with van der Waals surface area (Å²) in [5.41, 5.74) is 1.44. The van der Waals surface area contributed by atoms with Crippen LogP contribution in [0.1, 0.15) is 47.2 Å². The predicted molar refractivity (Wildman–Crippen MR) is 82.8 cm³/mol. The van der Waals surface area contributed by atoms with E-state index >= 15 is 0 Å². The third kappa shape index (κ3) is 2.78. The first-order chi connectivity index (χ1) is 10.9. The van der Waals surface area contributed by atoms with Crippen LogP contribution in [-0.2, 0) is 26.6 Å². The van der Waals surface area contributed by atoms with Gasteiger partial charge in [0.05, 0.1) is 24.3 Å². The first kappa shape index (κ1) is 15.5. The Hall–Kier alpha value is -2.44. The van der Waals surface area contributed by atoms with Crippen molar-refractivity contribution in [3.05, 3.63) is 45.0 Å². The lowest BCUT2D eigenvalue weighted by Crippen LogP contribution is -2.27. The number of amides is 1. The van der Waals surface area contributed by atoms with Gasteiger partial charge in [0.1, 0.15) is 11.6 Å². The minimum Gasteiger partial charge on any atom is -0.361 e. The number of hydrogen-bond acceptors (Lipinski definition) is 5. The van der Waals surface area contributed by atoms with Crippen LogP contribution in [-0.4, -0.2) is 25.5 Å². The average molecular weight is 316 g/mol. The van der Waals surface area contributed by atoms with Gasteiger partial charge in [0.2, 0.25) is 0 Å². The average Bonchev–Trinajstić information content (AvgIpc) is 3.10. The molecular formula is C16H20N4O3. The summed E-state index contributed by atoms with van der Waals surface area (Å²) in [7, 11) is 1.69. The van der Waals surface area contributed by atoms with E-state index in [0.717, 1.165) is 6.42 Å². The molecule has 1 aliphatic heterocycles. The van der Waals surface area contributed by atoms with Gasteiger partial charge in [-0.05, 0) is 12.8 Å². The molecule has 0 saturated carbocycles. The van der Waals surface area contributed by atoms with Crippen LogP contribution in [0.2, 0.25) is 0 Å². The van der Waals surface area contributed by atoms with Crippen LogP contribution in [0.3, 0.4) is 0 Å². The van der Waals surface area contributed by atoms with E-state index in [0.29, 0.717) is 35.3 Å². The van der Waals surface area contributed by atoms with Gasteiger partial charge in [0.25, 0.3) is 11.5 Å². The summed E-state index contributed by atoms with van der Waals surface area (Å²) in [6.45, 7) is 6.52. The molecule has 0 fully saturated rings. The van der Waals surface area contributed by atoms with E-state index < -0.39 is 0 Å². The summed E-state index contributed by atoms with van der Waals surface area (Å²) in [5.74, 6) is 1.53. The van der Waals surface area contributed by atoms with Crippen molar-refractivity contribution < 1.29 is 9.32 Å². The van der Waals surface area contributed by atoms with Crippen molar-refractivity contribution in [2.45, 2.75) is 40.3 Å². The normalized spacial score (nSPS) is 13.7. The molecule has 7 heteroatoms. The minimum absolute atomic E-state index is 0.0940. The molecule has 3 heterocycles. The van der Waals surface area contributed by atoms with Crippen molar-refractivity contribution in [1.82, 2.24) is 19.6 Å². The summed E-state index contributed by atoms with van der Waals surface area (Å²) in [6, 6.07) is 1.68. The van der Waals surface area contributed by atoms with Crippen molar-refractivity contribution in [3.63, 3.8) is 0 Å². The number of carbonyl (C=O) groups excluding carboxylic acids is 1. The largest absolute Gasteiger partial charge is 0.361 e. The second-order valence-corrected chi connectivity index (χ2v) is 6.39. The molecule has 1 aliphatic rings. The highest BCUT2D eigenvalue weighted by molar-refractivity contribution is 5.92. The van der Waals surface area contributed by atoms with Gasteiger partial charge in [-0.2, -0.15) is 0 Å². The highest BCUT2D eigenvalue weighted by atomic mass is 16.5. The van der Waals surface area contributed by atoms with Gasteiger partial charge in [-0.25, -0.2) is 4.98 Å². The lowest BCUT2D eigenvalue weighted by atomic mass is 10.1. The summed E-state index contributed by atoms with van der Waals surface area (Å²) < 4.78 is 6.72. The standard InChI is InChI=1S/C16H20N4O3/c1-9(2)5-11-6-13(18-23-11)16(22)20-7-12-14(8-20)17-10(3)19(4)15(12)21/h6,9H,5,7-8H2,1-4H3. The Bertz CT molecular complexity index is 819. The van der Waals surface area contributed by atoms with Crippen LogP contribution in [0.4, 0.5) is 0 Å². The second-order valence-electron chi connectivity index (χ2n) is 6.39. The van der Waals surface area contributed by atoms with E-state index in [9.17, 15) is 9.59 Å². The molecule has 2 aromatic heterocycles. The Morgan fingerprint density at radius 1 is 1.39 bits per heavy atom. The number of rotatable bonds is 3. The Morgan fingerprint density at radius 2 is 2.13 bits per heavy atom. The quantitative estimate of drug-likeness (QED) is 0.855. The van der Waals surface area contributed by atoms with Crippen molar-refractivity contribution in [1.29, 1.82) is 0 Å². The van der Waals surface area contributed by atoms with Crippen molar-refractivity contribution in [2.75, 3.05) is 0 Å². The number of aromatic nitrogens is 3. The van der Waals surface area contributed by atoms with Crippen LogP contribution in [0.5, 0.6) is 0 Å². The Labute approximate surface area is 133 Å². The van der Waals surface area contributed by atoms with Gasteiger partial charge in [0, 0.05) is 19.5 Å². The van der Waals surface area contributed by atoms with E-state index in [1.807, 2.05) is 0 Å². The van der Waals surface area contributed by atoms with Gasteiger partial charge < -0.3 is 9.42 Å². The topological polar surface area (TPSA) is 81.2 Å². The number of carbonyl (C=O) groups is 1. The number of hydrogen-bond donors (Lipinski definition) is 0. The Balaban J connectivity index is 1.82. The molecule has 0 aliphatic carbocycles. The van der Waals surface area contributed by atoms with Gasteiger partial charge in [-0.1, -0.05) is 19.0 Å². The van der Waals surface area contributed by atoms with Gasteiger partial charge >= 0.3 is 0 Å². The molecule has 0 bridgehead atoms. The van der Waals surface area contributed by atoms with Crippen LogP contribution < -0.4 is 5.56 Å². The van der Waals surface area contributed by atoms with Crippen molar-refractivity contribution in [2.24, 2.45) is 13.0 Å². The second kappa shape index (κ2) is 5.64. The van der Waals surface area contributed by atoms with Gasteiger partial charge in [0.15, 0.2) is 5.69 Å². The molecule has 0 saturated heterocycles. The number of aryl methyl sites for hydroxylation is 1. The zero-order valence-corrected chi connectivity index (χ0v) is 13.8. The fraction of sp³-hybridized carbons (Fsp3) is 0.500. The zero-order valence-electron chi connectivity index (χ0n) is 13.8. The SMILES string of the molecule is Cc1nc2c(c(=O)n1C)CN(C(=O)c1cc(CC(C)C)on1)C2. The molecule has 0 N–H and O–H groups in total. The third-order valence-electron chi connectivity index (χ3n) is 4.06. The van der Waals surface area contributed by atoms with Crippen LogP contribution >= 0.6 is 0 Å². The maximum Gasteiger partial charge on any atom is 0.276 e. The number of nitrogens with zero attached hydrogens (tertiary/aromatic N) is 4. The van der Waals surface area contributed by atoms with Gasteiger partial charge in [-0.15, -0.1) is 0 Å². The minimum atomic E-state index is -0.235. The lowest BCUT2D eigenvalue weighted by Gasteiger charge is -2.12. The predicted octanol–water partition coefficient (Wildman–Crippen LogP) is 1.43. The highest BCUT2D eigenvalue weighted by Gasteiger charge is 2.30. The molecule has 1 amide bonds. The summed E-state index contributed by atoms with van der Waals surface area (Å²) in [4.78, 5) is 30.8. The molecule has 122 valence electrons. The molecule has 0 unspecified atom stereocenters. The zero-order chi connectivity index (χ0) is 16.7. The van der Waals surface area contributed by atoms with Crippen LogP contribution in [0, 0.1) is 12.8 Å². The Morgan fingerprint density at radius 3 is 2.83 bits per heavy atom. The monoisotopic (exact) mass is 316 g/mol. The summed E-state index contributed by atoms with van der Waals surface area (Å²) in [6.07, 6.45) is 0.738. The van der Waals surface area contributed by atoms with Crippen LogP contribution in [0.15, 0.2) is 15.4 Å². The summed E-state index contributed by atoms with van der Waals surface area (Å²) in [5, 5.41) is 3.86. The summed E-state index contributed by atoms with van der Waals surface area (Å²) >= 11 is 0. The molecule has 0 radical (unpaired) electrons. The molecule has 0 atom stereocenters. The first-order valence-corrected chi connectivity index (χ1v) is 7.67. The van der Waals surface area contributed by atoms with Crippen molar-refractivity contribution in [3.8, 4) is 0 Å². The number of fused-ring (bicyclic) bond motifs is 1. The van der Waals surface area contributed by atoms with Gasteiger partial charge in [-0.3, -0.25) is 14.2 Å². The van der Waals surface area contributed by atoms with E-state index in [1.165, 1.54) is 4.57 Å². The van der Waals surface area contributed by atoms with Crippen LogP contribution in [0.25, 0.3) is 0 Å². The molecule has 3 rings (SSSR count). The fourth-order valence-corrected chi connectivity index (χ4v) is 2.75. The van der Waals surface area contributed by atoms with Crippen molar-refractivity contribution >= 4 is 5.91 Å². The molecule has 23 heavy (non-hydrogen) atoms. The highest BCUT2D eigenvalue weighted by Crippen LogP contribution is 2.21. The fourth-order valence-electron chi connectivity index (χ4n) is 2.75. The first-order valence-electron chi connectivity index (χ1n) is 7.67. The Kier molecular flexibility index (Phi) is 3.79. The van der Waals surface area contributed by atoms with E-state index in [1.54, 1.807) is 24.9 Å². The molecule has 7 nitrogen and oxygen atoms in total. The molecular weight excluding hydrogens is 296 g/mol.